The van der Waals surface area contributed by atoms with Crippen LogP contribution in [0.1, 0.15) is 342 Å². The summed E-state index contributed by atoms with van der Waals surface area (Å²) in [5.41, 5.74) is 0. The third-order valence-corrected chi connectivity index (χ3v) is 15.2. The van der Waals surface area contributed by atoms with E-state index in [0.29, 0.717) is 19.3 Å². The van der Waals surface area contributed by atoms with E-state index < -0.39 is 6.10 Å². The highest BCUT2D eigenvalue weighted by Crippen LogP contribution is 2.17. The lowest BCUT2D eigenvalue weighted by atomic mass is 10.0. The van der Waals surface area contributed by atoms with E-state index in [2.05, 4.69) is 130 Å². The topological polar surface area (TPSA) is 78.9 Å². The Morgan fingerprint density at radius 1 is 0.253 bits per heavy atom. The molecule has 83 heavy (non-hydrogen) atoms. The van der Waals surface area contributed by atoms with Crippen molar-refractivity contribution in [1.29, 1.82) is 0 Å². The quantitative estimate of drug-likeness (QED) is 0.0261. The lowest BCUT2D eigenvalue weighted by Gasteiger charge is -2.18. The van der Waals surface area contributed by atoms with Crippen LogP contribution in [-0.4, -0.2) is 37.2 Å². The molecule has 0 aliphatic carbocycles. The average Bonchev–Trinajstić information content (AvgIpc) is 3.49. The zero-order chi connectivity index (χ0) is 59.9. The van der Waals surface area contributed by atoms with Gasteiger partial charge in [0.25, 0.3) is 0 Å². The molecule has 0 bridgehead atoms. The highest BCUT2D eigenvalue weighted by molar-refractivity contribution is 5.71. The summed E-state index contributed by atoms with van der Waals surface area (Å²) in [6.45, 7) is 6.53. The van der Waals surface area contributed by atoms with Gasteiger partial charge in [-0.3, -0.25) is 14.4 Å². The predicted molar refractivity (Wildman–Crippen MR) is 362 cm³/mol. The number of hydrogen-bond donors (Lipinski definition) is 0. The molecule has 6 heteroatoms. The predicted octanol–water partition coefficient (Wildman–Crippen LogP) is 24.6. The van der Waals surface area contributed by atoms with Crippen LogP contribution in [0.3, 0.4) is 0 Å². The van der Waals surface area contributed by atoms with Crippen LogP contribution >= 0.6 is 0 Å². The molecule has 0 rings (SSSR count). The SMILES string of the molecule is CC/C=C\C/C=C\C/C=C\C/C=C\C/C=C\C/C=C\C/C=C\CCCCCCCCCCCCCCCC(=O)OCC(COC(=O)CCCCCCC/C=C\CCCCCC)OC(=O)CCCCCCCCC/C=C\CCCCCCCC. The van der Waals surface area contributed by atoms with Crippen LogP contribution in [-0.2, 0) is 28.6 Å². The van der Waals surface area contributed by atoms with Crippen molar-refractivity contribution in [2.45, 2.75) is 348 Å². The van der Waals surface area contributed by atoms with Crippen LogP contribution in [0.15, 0.2) is 109 Å². The van der Waals surface area contributed by atoms with E-state index in [-0.39, 0.29) is 31.1 Å². The maximum atomic E-state index is 12.9. The maximum Gasteiger partial charge on any atom is 0.306 e. The fraction of sp³-hybridized carbons (Fsp3) is 0.727. The van der Waals surface area contributed by atoms with Crippen molar-refractivity contribution in [3.8, 4) is 0 Å². The van der Waals surface area contributed by atoms with Gasteiger partial charge in [0.1, 0.15) is 13.2 Å². The molecule has 0 saturated carbocycles. The summed E-state index contributed by atoms with van der Waals surface area (Å²) in [7, 11) is 0. The Bertz CT molecular complexity index is 1660. The molecule has 0 N–H and O–H groups in total. The second-order valence-electron chi connectivity index (χ2n) is 23.4. The molecular weight excluding hydrogens is 1020 g/mol. The lowest BCUT2D eigenvalue weighted by Crippen LogP contribution is -2.30. The Balaban J connectivity index is 4.20. The van der Waals surface area contributed by atoms with E-state index in [1.54, 1.807) is 0 Å². The molecular formula is C77H132O6. The largest absolute Gasteiger partial charge is 0.462 e. The van der Waals surface area contributed by atoms with Crippen LogP contribution < -0.4 is 0 Å². The van der Waals surface area contributed by atoms with Crippen molar-refractivity contribution in [2.75, 3.05) is 13.2 Å². The molecule has 1 atom stereocenters. The summed E-state index contributed by atoms with van der Waals surface area (Å²) in [6.07, 6.45) is 96.9. The van der Waals surface area contributed by atoms with Gasteiger partial charge in [-0.15, -0.1) is 0 Å². The van der Waals surface area contributed by atoms with Crippen LogP contribution in [0.25, 0.3) is 0 Å². The summed E-state index contributed by atoms with van der Waals surface area (Å²) < 4.78 is 16.9. The highest BCUT2D eigenvalue weighted by atomic mass is 16.6. The van der Waals surface area contributed by atoms with E-state index >= 15 is 0 Å². The van der Waals surface area contributed by atoms with Gasteiger partial charge in [-0.05, 0) is 128 Å². The van der Waals surface area contributed by atoms with Gasteiger partial charge >= 0.3 is 17.9 Å². The molecule has 0 amide bonds. The summed E-state index contributed by atoms with van der Waals surface area (Å²) in [5, 5.41) is 0. The first-order valence-electron chi connectivity index (χ1n) is 35.4. The molecule has 0 aliphatic heterocycles. The fourth-order valence-electron chi connectivity index (χ4n) is 9.94. The third-order valence-electron chi connectivity index (χ3n) is 15.2. The number of unbranched alkanes of at least 4 members (excludes halogenated alkanes) is 35. The second kappa shape index (κ2) is 70.6. The van der Waals surface area contributed by atoms with Crippen molar-refractivity contribution in [3.05, 3.63) is 109 Å². The average molecular weight is 1150 g/mol. The Labute approximate surface area is 514 Å². The number of carbonyl (C=O) groups is 3. The van der Waals surface area contributed by atoms with Gasteiger partial charge < -0.3 is 14.2 Å². The number of esters is 3. The van der Waals surface area contributed by atoms with Crippen LogP contribution in [0.5, 0.6) is 0 Å². The summed E-state index contributed by atoms with van der Waals surface area (Å²) in [6, 6.07) is 0. The van der Waals surface area contributed by atoms with E-state index in [1.807, 2.05) is 0 Å². The standard InChI is InChI=1S/C77H132O6/c1-4-7-10-13-16-19-22-25-27-29-30-31-32-33-34-35-36-37-38-39-40-41-42-43-44-45-46-48-49-52-55-58-61-64-67-70-76(79)82-73-74(72-81-75(78)69-66-63-60-57-54-51-24-21-18-15-12-9-6-3)83-77(80)71-68-65-62-59-56-53-50-47-28-26-23-20-17-14-11-8-5-2/h7,10,16,19,21,24-28,30-31,33-34,36-37,39-40,74H,4-6,8-9,11-15,17-18,20,22-23,29,32,35,38,41-73H2,1-3H3/b10-7-,19-16-,24-21-,27-25-,28-26-,31-30-,34-33-,37-36-,40-39-. The maximum absolute atomic E-state index is 12.9. The summed E-state index contributed by atoms with van der Waals surface area (Å²) in [5.74, 6) is -0.881. The molecule has 0 aromatic carbocycles. The Kier molecular flexibility index (Phi) is 67.2. The molecule has 0 spiro atoms. The zero-order valence-corrected chi connectivity index (χ0v) is 54.7. The van der Waals surface area contributed by atoms with Gasteiger partial charge in [-0.1, -0.05) is 304 Å². The molecule has 0 aromatic heterocycles. The van der Waals surface area contributed by atoms with Gasteiger partial charge in [0, 0.05) is 19.3 Å². The smallest absolute Gasteiger partial charge is 0.306 e. The minimum atomic E-state index is -0.784. The Morgan fingerprint density at radius 2 is 0.470 bits per heavy atom. The molecule has 0 aliphatic rings. The molecule has 0 fully saturated rings. The normalized spacial score (nSPS) is 12.8. The highest BCUT2D eigenvalue weighted by Gasteiger charge is 2.19. The third kappa shape index (κ3) is 68.7. The second-order valence-corrected chi connectivity index (χ2v) is 23.4. The molecule has 0 radical (unpaired) electrons. The number of ether oxygens (including phenoxy) is 3. The van der Waals surface area contributed by atoms with Crippen molar-refractivity contribution in [1.82, 2.24) is 0 Å². The van der Waals surface area contributed by atoms with Crippen molar-refractivity contribution in [3.63, 3.8) is 0 Å². The van der Waals surface area contributed by atoms with Crippen LogP contribution in [0.2, 0.25) is 0 Å². The lowest BCUT2D eigenvalue weighted by molar-refractivity contribution is -0.167. The van der Waals surface area contributed by atoms with Crippen LogP contribution in [0.4, 0.5) is 0 Å². The molecule has 6 nitrogen and oxygen atoms in total. The summed E-state index contributed by atoms with van der Waals surface area (Å²) >= 11 is 0. The zero-order valence-electron chi connectivity index (χ0n) is 54.7. The number of hydrogen-bond acceptors (Lipinski definition) is 6. The van der Waals surface area contributed by atoms with Gasteiger partial charge in [-0.25, -0.2) is 0 Å². The van der Waals surface area contributed by atoms with Crippen molar-refractivity contribution in [2.24, 2.45) is 0 Å². The first-order chi connectivity index (χ1) is 41.0. The van der Waals surface area contributed by atoms with Gasteiger partial charge in [-0.2, -0.15) is 0 Å². The van der Waals surface area contributed by atoms with E-state index in [9.17, 15) is 14.4 Å². The summed E-state index contributed by atoms with van der Waals surface area (Å²) in [4.78, 5) is 38.4. The first kappa shape index (κ1) is 79.1. The molecule has 0 heterocycles. The van der Waals surface area contributed by atoms with E-state index in [1.165, 1.54) is 193 Å². The van der Waals surface area contributed by atoms with E-state index in [4.69, 9.17) is 14.2 Å². The molecule has 0 saturated heterocycles. The van der Waals surface area contributed by atoms with E-state index in [0.717, 1.165) is 109 Å². The number of allylic oxidation sites excluding steroid dienone is 18. The van der Waals surface area contributed by atoms with Crippen LogP contribution in [0, 0.1) is 0 Å². The fourth-order valence-corrected chi connectivity index (χ4v) is 9.94. The van der Waals surface area contributed by atoms with Crippen molar-refractivity contribution >= 4 is 17.9 Å². The van der Waals surface area contributed by atoms with Gasteiger partial charge in [0.05, 0.1) is 0 Å². The minimum Gasteiger partial charge on any atom is -0.462 e. The first-order valence-corrected chi connectivity index (χ1v) is 35.4. The Morgan fingerprint density at radius 3 is 0.759 bits per heavy atom. The Hall–Kier alpha value is -3.93. The molecule has 1 unspecified atom stereocenters. The number of rotatable bonds is 64. The molecule has 476 valence electrons. The minimum absolute atomic E-state index is 0.0804. The van der Waals surface area contributed by atoms with Gasteiger partial charge in [0.15, 0.2) is 6.10 Å². The molecule has 0 aromatic rings. The monoisotopic (exact) mass is 1150 g/mol. The van der Waals surface area contributed by atoms with Gasteiger partial charge in [0.2, 0.25) is 0 Å². The number of carbonyl (C=O) groups excluding carboxylic acids is 3. The van der Waals surface area contributed by atoms with Crippen molar-refractivity contribution < 1.29 is 28.6 Å².